The number of nitrogen functional groups attached to an aromatic ring is 1. The fourth-order valence-corrected chi connectivity index (χ4v) is 3.92. The van der Waals surface area contributed by atoms with Gasteiger partial charge >= 0.3 is 0 Å². The summed E-state index contributed by atoms with van der Waals surface area (Å²) in [6.07, 6.45) is 0. The van der Waals surface area contributed by atoms with Gasteiger partial charge in [0.1, 0.15) is 0 Å². The van der Waals surface area contributed by atoms with Gasteiger partial charge in [0.25, 0.3) is 5.91 Å². The van der Waals surface area contributed by atoms with Crippen LogP contribution in [0.4, 0.5) is 5.69 Å². The van der Waals surface area contributed by atoms with Gasteiger partial charge in [-0.05, 0) is 29.6 Å². The van der Waals surface area contributed by atoms with Crippen LogP contribution in [0.3, 0.4) is 0 Å². The normalized spacial score (nSPS) is 16.7. The topological polar surface area (TPSA) is 67.6 Å². The second-order valence-corrected chi connectivity index (χ2v) is 7.02. The minimum Gasteiger partial charge on any atom is -0.399 e. The molecule has 1 atom stereocenters. The van der Waals surface area contributed by atoms with E-state index in [1.165, 1.54) is 4.88 Å². The van der Waals surface area contributed by atoms with Crippen LogP contribution >= 0.6 is 22.9 Å². The van der Waals surface area contributed by atoms with Crippen LogP contribution in [0.5, 0.6) is 0 Å². The first-order chi connectivity index (χ1) is 11.6. The van der Waals surface area contributed by atoms with Crippen LogP contribution in [-0.2, 0) is 4.74 Å². The summed E-state index contributed by atoms with van der Waals surface area (Å²) in [6, 6.07) is 9.21. The van der Waals surface area contributed by atoms with Crippen molar-refractivity contribution in [1.82, 2.24) is 10.2 Å². The van der Waals surface area contributed by atoms with Crippen LogP contribution in [0.25, 0.3) is 0 Å². The number of ether oxygens (including phenoxy) is 1. The number of hydrogen-bond donors (Lipinski definition) is 2. The Morgan fingerprint density at radius 3 is 2.83 bits per heavy atom. The molecule has 2 heterocycles. The Morgan fingerprint density at radius 1 is 1.38 bits per heavy atom. The molecule has 1 saturated heterocycles. The number of carbonyl (C=O) groups is 1. The first-order valence-electron chi connectivity index (χ1n) is 7.83. The number of thiophene rings is 1. The molecule has 24 heavy (non-hydrogen) atoms. The van der Waals surface area contributed by atoms with Crippen molar-refractivity contribution < 1.29 is 9.53 Å². The van der Waals surface area contributed by atoms with Gasteiger partial charge in [-0.2, -0.15) is 0 Å². The Labute approximate surface area is 150 Å². The molecule has 3 N–H and O–H groups in total. The van der Waals surface area contributed by atoms with Crippen molar-refractivity contribution in [3.8, 4) is 0 Å². The van der Waals surface area contributed by atoms with E-state index in [2.05, 4.69) is 21.7 Å². The fourth-order valence-electron chi connectivity index (χ4n) is 2.78. The van der Waals surface area contributed by atoms with E-state index in [1.807, 2.05) is 6.07 Å². The Kier molecular flexibility index (Phi) is 5.73. The SMILES string of the molecule is Nc1ccc(C(=O)NCC(c2cccs2)N2CCOCC2)c(Cl)c1. The average molecular weight is 366 g/mol. The van der Waals surface area contributed by atoms with E-state index in [0.29, 0.717) is 22.8 Å². The zero-order valence-corrected chi connectivity index (χ0v) is 14.8. The Bertz CT molecular complexity index is 687. The molecule has 1 aliphatic heterocycles. The molecule has 1 aromatic heterocycles. The maximum Gasteiger partial charge on any atom is 0.252 e. The number of rotatable bonds is 5. The Balaban J connectivity index is 1.70. The molecule has 0 aliphatic carbocycles. The maximum atomic E-state index is 12.5. The van der Waals surface area contributed by atoms with Crippen molar-refractivity contribution in [2.75, 3.05) is 38.6 Å². The molecule has 2 aromatic rings. The Hall–Kier alpha value is -1.60. The monoisotopic (exact) mass is 365 g/mol. The highest BCUT2D eigenvalue weighted by atomic mass is 35.5. The molecule has 1 aliphatic rings. The predicted molar refractivity (Wildman–Crippen MR) is 97.6 cm³/mol. The van der Waals surface area contributed by atoms with Crippen molar-refractivity contribution in [3.63, 3.8) is 0 Å². The van der Waals surface area contributed by atoms with Gasteiger partial charge in [-0.25, -0.2) is 0 Å². The highest BCUT2D eigenvalue weighted by Gasteiger charge is 2.24. The van der Waals surface area contributed by atoms with Gasteiger partial charge in [0, 0.05) is 30.2 Å². The zero-order valence-electron chi connectivity index (χ0n) is 13.2. The number of anilines is 1. The second-order valence-electron chi connectivity index (χ2n) is 5.63. The quantitative estimate of drug-likeness (QED) is 0.799. The molecule has 1 amide bonds. The highest BCUT2D eigenvalue weighted by Crippen LogP contribution is 2.26. The van der Waals surface area contributed by atoms with E-state index in [1.54, 1.807) is 29.5 Å². The molecular weight excluding hydrogens is 346 g/mol. The van der Waals surface area contributed by atoms with Crippen LogP contribution < -0.4 is 11.1 Å². The summed E-state index contributed by atoms with van der Waals surface area (Å²) >= 11 is 7.82. The molecule has 128 valence electrons. The molecule has 1 fully saturated rings. The number of morpholine rings is 1. The largest absolute Gasteiger partial charge is 0.399 e. The second kappa shape index (κ2) is 7.98. The van der Waals surface area contributed by atoms with Crippen LogP contribution in [0, 0.1) is 0 Å². The van der Waals surface area contributed by atoms with Crippen molar-refractivity contribution in [1.29, 1.82) is 0 Å². The van der Waals surface area contributed by atoms with Gasteiger partial charge in [0.05, 0.1) is 29.8 Å². The average Bonchev–Trinajstić information content (AvgIpc) is 3.10. The molecule has 0 saturated carbocycles. The summed E-state index contributed by atoms with van der Waals surface area (Å²) in [7, 11) is 0. The minimum atomic E-state index is -0.185. The maximum absolute atomic E-state index is 12.5. The number of nitrogens with zero attached hydrogens (tertiary/aromatic N) is 1. The third-order valence-corrected chi connectivity index (χ3v) is 5.34. The summed E-state index contributed by atoms with van der Waals surface area (Å²) in [5.41, 5.74) is 6.66. The zero-order chi connectivity index (χ0) is 16.9. The number of halogens is 1. The lowest BCUT2D eigenvalue weighted by Crippen LogP contribution is -2.43. The molecule has 5 nitrogen and oxygen atoms in total. The smallest absolute Gasteiger partial charge is 0.252 e. The van der Waals surface area contributed by atoms with Gasteiger partial charge in [-0.3, -0.25) is 9.69 Å². The lowest BCUT2D eigenvalue weighted by Gasteiger charge is -2.34. The van der Waals surface area contributed by atoms with Gasteiger partial charge < -0.3 is 15.8 Å². The van der Waals surface area contributed by atoms with Gasteiger partial charge in [0.2, 0.25) is 0 Å². The molecule has 7 heteroatoms. The van der Waals surface area contributed by atoms with Crippen molar-refractivity contribution in [2.45, 2.75) is 6.04 Å². The molecule has 0 radical (unpaired) electrons. The summed E-state index contributed by atoms with van der Waals surface area (Å²) in [6.45, 7) is 3.70. The number of carbonyl (C=O) groups excluding carboxylic acids is 1. The number of nitrogens with one attached hydrogen (secondary N) is 1. The minimum absolute atomic E-state index is 0.144. The summed E-state index contributed by atoms with van der Waals surface area (Å²) in [5, 5.41) is 5.43. The molecule has 3 rings (SSSR count). The number of amides is 1. The van der Waals surface area contributed by atoms with E-state index in [4.69, 9.17) is 22.1 Å². The first-order valence-corrected chi connectivity index (χ1v) is 9.09. The summed E-state index contributed by atoms with van der Waals surface area (Å²) in [4.78, 5) is 16.0. The molecule has 1 unspecified atom stereocenters. The fraction of sp³-hybridized carbons (Fsp3) is 0.353. The number of hydrogen-bond acceptors (Lipinski definition) is 5. The predicted octanol–water partition coefficient (Wildman–Crippen LogP) is 2.79. The molecule has 0 bridgehead atoms. The van der Waals surface area contributed by atoms with Crippen molar-refractivity contribution >= 4 is 34.5 Å². The molecule has 1 aromatic carbocycles. The third-order valence-electron chi connectivity index (χ3n) is 4.05. The number of nitrogens with two attached hydrogens (primary N) is 1. The van der Waals surface area contributed by atoms with Crippen molar-refractivity contribution in [3.05, 3.63) is 51.2 Å². The van der Waals surface area contributed by atoms with E-state index in [9.17, 15) is 4.79 Å². The van der Waals surface area contributed by atoms with Gasteiger partial charge in [-0.1, -0.05) is 17.7 Å². The van der Waals surface area contributed by atoms with Gasteiger partial charge in [0.15, 0.2) is 0 Å². The first kappa shape index (κ1) is 17.2. The molecule has 0 spiro atoms. The lowest BCUT2D eigenvalue weighted by molar-refractivity contribution is 0.0169. The highest BCUT2D eigenvalue weighted by molar-refractivity contribution is 7.10. The number of benzene rings is 1. The van der Waals surface area contributed by atoms with Gasteiger partial charge in [-0.15, -0.1) is 11.3 Å². The standard InChI is InChI=1S/C17H20ClN3O2S/c18-14-10-12(19)3-4-13(14)17(22)20-11-15(16-2-1-9-24-16)21-5-7-23-8-6-21/h1-4,9-10,15H,5-8,11,19H2,(H,20,22). The lowest BCUT2D eigenvalue weighted by atomic mass is 10.1. The summed E-state index contributed by atoms with van der Waals surface area (Å²) in [5.74, 6) is -0.185. The van der Waals surface area contributed by atoms with E-state index in [-0.39, 0.29) is 11.9 Å². The van der Waals surface area contributed by atoms with Crippen LogP contribution in [-0.4, -0.2) is 43.7 Å². The van der Waals surface area contributed by atoms with Crippen molar-refractivity contribution in [2.24, 2.45) is 0 Å². The van der Waals surface area contributed by atoms with E-state index < -0.39 is 0 Å². The van der Waals surface area contributed by atoms with E-state index in [0.717, 1.165) is 26.3 Å². The molecular formula is C17H20ClN3O2S. The van der Waals surface area contributed by atoms with Crippen LogP contribution in [0.1, 0.15) is 21.3 Å². The Morgan fingerprint density at radius 2 is 2.17 bits per heavy atom. The third kappa shape index (κ3) is 4.08. The van der Waals surface area contributed by atoms with Crippen LogP contribution in [0.15, 0.2) is 35.7 Å². The van der Waals surface area contributed by atoms with E-state index >= 15 is 0 Å². The van der Waals surface area contributed by atoms with Crippen LogP contribution in [0.2, 0.25) is 5.02 Å². The summed E-state index contributed by atoms with van der Waals surface area (Å²) < 4.78 is 5.43.